The quantitative estimate of drug-likeness (QED) is 0.835. The van der Waals surface area contributed by atoms with E-state index in [1.165, 1.54) is 0 Å². The van der Waals surface area contributed by atoms with Crippen LogP contribution in [0.3, 0.4) is 0 Å². The van der Waals surface area contributed by atoms with Gasteiger partial charge in [0.25, 0.3) is 0 Å². The van der Waals surface area contributed by atoms with Crippen LogP contribution in [0.1, 0.15) is 35.2 Å². The smallest absolute Gasteiger partial charge is 0.230 e. The maximum Gasteiger partial charge on any atom is 0.230 e. The molecule has 4 rings (SSSR count). The summed E-state index contributed by atoms with van der Waals surface area (Å²) < 4.78 is 0. The molecular formula is C22H23N3O3. The number of Topliss-reactive ketones (excluding diaryl/α,β-unsaturated/α-hetero) is 1. The summed E-state index contributed by atoms with van der Waals surface area (Å²) in [5.41, 5.74) is 3.39. The molecule has 144 valence electrons. The molecule has 2 aromatic rings. The largest absolute Gasteiger partial charge is 0.368 e. The summed E-state index contributed by atoms with van der Waals surface area (Å²) in [6.45, 7) is 4.25. The predicted molar refractivity (Wildman–Crippen MR) is 108 cm³/mol. The van der Waals surface area contributed by atoms with E-state index in [0.29, 0.717) is 18.7 Å². The van der Waals surface area contributed by atoms with Crippen molar-refractivity contribution in [1.82, 2.24) is 4.90 Å². The zero-order chi connectivity index (χ0) is 19.7. The standard InChI is InChI=1S/C22H23N3O3/c1-15(26)16-6-8-17(9-7-16)24-10-12-25(13-11-24)22(28)19-14-21(27)23-20-5-3-2-4-18(19)20/h2-9,19H,10-14H2,1H3,(H,23,27)/t19-/m0/s1. The van der Waals surface area contributed by atoms with Crippen LogP contribution in [-0.2, 0) is 9.59 Å². The van der Waals surface area contributed by atoms with E-state index >= 15 is 0 Å². The molecule has 0 spiro atoms. The van der Waals surface area contributed by atoms with Crippen LogP contribution >= 0.6 is 0 Å². The first-order valence-electron chi connectivity index (χ1n) is 9.56. The summed E-state index contributed by atoms with van der Waals surface area (Å²) in [5, 5.41) is 2.85. The van der Waals surface area contributed by atoms with Crippen molar-refractivity contribution >= 4 is 29.0 Å². The maximum absolute atomic E-state index is 13.1. The molecule has 1 saturated heterocycles. The summed E-state index contributed by atoms with van der Waals surface area (Å²) in [4.78, 5) is 40.6. The van der Waals surface area contributed by atoms with Crippen LogP contribution in [0.4, 0.5) is 11.4 Å². The van der Waals surface area contributed by atoms with Gasteiger partial charge in [0.15, 0.2) is 5.78 Å². The van der Waals surface area contributed by atoms with Crippen molar-refractivity contribution in [3.8, 4) is 0 Å². The van der Waals surface area contributed by atoms with Gasteiger partial charge in [-0.2, -0.15) is 0 Å². The molecule has 0 saturated carbocycles. The van der Waals surface area contributed by atoms with Crippen LogP contribution in [-0.4, -0.2) is 48.7 Å². The number of hydrogen-bond acceptors (Lipinski definition) is 4. The lowest BCUT2D eigenvalue weighted by Gasteiger charge is -2.38. The second-order valence-electron chi connectivity index (χ2n) is 7.31. The summed E-state index contributed by atoms with van der Waals surface area (Å²) >= 11 is 0. The number of anilines is 2. The van der Waals surface area contributed by atoms with E-state index in [1.807, 2.05) is 53.4 Å². The fraction of sp³-hybridized carbons (Fsp3) is 0.318. The summed E-state index contributed by atoms with van der Waals surface area (Å²) in [7, 11) is 0. The Labute approximate surface area is 164 Å². The van der Waals surface area contributed by atoms with Gasteiger partial charge < -0.3 is 15.1 Å². The molecule has 28 heavy (non-hydrogen) atoms. The highest BCUT2D eigenvalue weighted by Crippen LogP contribution is 2.33. The number of benzene rings is 2. The first kappa shape index (κ1) is 18.2. The van der Waals surface area contributed by atoms with Gasteiger partial charge in [-0.3, -0.25) is 14.4 Å². The van der Waals surface area contributed by atoms with E-state index in [1.54, 1.807) is 6.92 Å². The number of hydrogen-bond donors (Lipinski definition) is 1. The van der Waals surface area contributed by atoms with Gasteiger partial charge in [0.05, 0.1) is 5.92 Å². The van der Waals surface area contributed by atoms with Gasteiger partial charge in [-0.05, 0) is 42.8 Å². The number of ketones is 1. The fourth-order valence-corrected chi connectivity index (χ4v) is 3.94. The second kappa shape index (κ2) is 7.46. The SMILES string of the molecule is CC(=O)c1ccc(N2CCN(C(=O)[C@H]3CC(=O)Nc4ccccc43)CC2)cc1. The number of nitrogens with zero attached hydrogens (tertiary/aromatic N) is 2. The van der Waals surface area contributed by atoms with Gasteiger partial charge in [-0.25, -0.2) is 0 Å². The van der Waals surface area contributed by atoms with Crippen LogP contribution in [0.25, 0.3) is 0 Å². The molecule has 0 bridgehead atoms. The lowest BCUT2D eigenvalue weighted by Crippen LogP contribution is -2.50. The molecule has 2 aliphatic rings. The van der Waals surface area contributed by atoms with Crippen molar-refractivity contribution in [1.29, 1.82) is 0 Å². The minimum atomic E-state index is -0.411. The van der Waals surface area contributed by atoms with E-state index in [9.17, 15) is 14.4 Å². The fourth-order valence-electron chi connectivity index (χ4n) is 3.94. The Morgan fingerprint density at radius 1 is 0.964 bits per heavy atom. The van der Waals surface area contributed by atoms with Crippen molar-refractivity contribution in [2.75, 3.05) is 36.4 Å². The minimum absolute atomic E-state index is 0.0221. The molecule has 2 aromatic carbocycles. The molecule has 1 fully saturated rings. The first-order chi connectivity index (χ1) is 13.5. The molecule has 6 heteroatoms. The highest BCUT2D eigenvalue weighted by molar-refractivity contribution is 6.01. The highest BCUT2D eigenvalue weighted by atomic mass is 16.2. The van der Waals surface area contributed by atoms with Crippen LogP contribution in [0.5, 0.6) is 0 Å². The molecule has 0 aromatic heterocycles. The van der Waals surface area contributed by atoms with Crippen molar-refractivity contribution in [2.24, 2.45) is 0 Å². The zero-order valence-electron chi connectivity index (χ0n) is 15.9. The summed E-state index contributed by atoms with van der Waals surface area (Å²) in [5.74, 6) is -0.444. The lowest BCUT2D eigenvalue weighted by atomic mass is 9.89. The zero-order valence-corrected chi connectivity index (χ0v) is 15.9. The molecule has 0 unspecified atom stereocenters. The lowest BCUT2D eigenvalue weighted by molar-refractivity contribution is -0.135. The van der Waals surface area contributed by atoms with Crippen molar-refractivity contribution in [2.45, 2.75) is 19.3 Å². The Bertz CT molecular complexity index is 915. The molecule has 1 atom stereocenters. The third-order valence-corrected chi connectivity index (χ3v) is 5.53. The molecule has 2 heterocycles. The van der Waals surface area contributed by atoms with Crippen molar-refractivity contribution in [3.05, 3.63) is 59.7 Å². The van der Waals surface area contributed by atoms with E-state index in [0.717, 1.165) is 30.0 Å². The van der Waals surface area contributed by atoms with E-state index in [2.05, 4.69) is 10.2 Å². The number of carbonyl (C=O) groups is 3. The van der Waals surface area contributed by atoms with Crippen molar-refractivity contribution in [3.63, 3.8) is 0 Å². The van der Waals surface area contributed by atoms with Crippen LogP contribution in [0.2, 0.25) is 0 Å². The normalized spacial score (nSPS) is 19.0. The molecule has 0 radical (unpaired) electrons. The Kier molecular flexibility index (Phi) is 4.86. The molecule has 2 amide bonds. The van der Waals surface area contributed by atoms with Gasteiger partial charge in [0.1, 0.15) is 0 Å². The third-order valence-electron chi connectivity index (χ3n) is 5.53. The van der Waals surface area contributed by atoms with Gasteiger partial charge >= 0.3 is 0 Å². The van der Waals surface area contributed by atoms with Gasteiger partial charge in [-0.1, -0.05) is 18.2 Å². The average Bonchev–Trinajstić information content (AvgIpc) is 2.73. The number of carbonyl (C=O) groups excluding carboxylic acids is 3. The third kappa shape index (κ3) is 3.50. The van der Waals surface area contributed by atoms with E-state index in [-0.39, 0.29) is 24.0 Å². The predicted octanol–water partition coefficient (Wildman–Crippen LogP) is 2.66. The molecule has 0 aliphatic carbocycles. The highest BCUT2D eigenvalue weighted by Gasteiger charge is 2.34. The number of amides is 2. The van der Waals surface area contributed by atoms with E-state index < -0.39 is 5.92 Å². The Morgan fingerprint density at radius 2 is 1.64 bits per heavy atom. The summed E-state index contributed by atoms with van der Waals surface area (Å²) in [6.07, 6.45) is 0.197. The number of fused-ring (bicyclic) bond motifs is 1. The number of piperazine rings is 1. The monoisotopic (exact) mass is 377 g/mol. The van der Waals surface area contributed by atoms with Gasteiger partial charge in [-0.15, -0.1) is 0 Å². The Morgan fingerprint density at radius 3 is 2.32 bits per heavy atom. The van der Waals surface area contributed by atoms with Gasteiger partial charge in [0, 0.05) is 49.5 Å². The first-order valence-corrected chi connectivity index (χ1v) is 9.56. The van der Waals surface area contributed by atoms with Gasteiger partial charge in [0.2, 0.25) is 11.8 Å². The van der Waals surface area contributed by atoms with Crippen molar-refractivity contribution < 1.29 is 14.4 Å². The Hall–Kier alpha value is -3.15. The van der Waals surface area contributed by atoms with Crippen LogP contribution < -0.4 is 10.2 Å². The molecule has 2 aliphatic heterocycles. The molecule has 6 nitrogen and oxygen atoms in total. The average molecular weight is 377 g/mol. The number of nitrogens with one attached hydrogen (secondary N) is 1. The Balaban J connectivity index is 1.43. The molecule has 1 N–H and O–H groups in total. The maximum atomic E-state index is 13.1. The topological polar surface area (TPSA) is 69.7 Å². The van der Waals surface area contributed by atoms with Crippen LogP contribution in [0, 0.1) is 0 Å². The van der Waals surface area contributed by atoms with E-state index in [4.69, 9.17) is 0 Å². The second-order valence-corrected chi connectivity index (χ2v) is 7.31. The number of rotatable bonds is 3. The number of para-hydroxylation sites is 1. The molecular weight excluding hydrogens is 354 g/mol. The van der Waals surface area contributed by atoms with Crippen LogP contribution in [0.15, 0.2) is 48.5 Å². The summed E-state index contributed by atoms with van der Waals surface area (Å²) in [6, 6.07) is 15.1. The minimum Gasteiger partial charge on any atom is -0.368 e.